The van der Waals surface area contributed by atoms with Crippen LogP contribution in [-0.4, -0.2) is 15.0 Å². The molecule has 2 aliphatic rings. The molecule has 0 spiro atoms. The maximum atomic E-state index is 7.08. The van der Waals surface area contributed by atoms with Crippen LogP contribution in [0.25, 0.3) is 93.5 Å². The molecule has 9 aromatic carbocycles. The minimum atomic E-state index is -0.133. The number of benzene rings is 9. The van der Waals surface area contributed by atoms with E-state index in [-0.39, 0.29) is 11.8 Å². The SMILES string of the molecule is C1=Cc2c(oc3c2C(c2cc4ccccc4c4ccccc24)CCC3c2nc(-c3ccc4c(ccc5ccccc54)c3)nc(-c3ccc4c(ccc5ccccc54)c3)n2)CC1. The van der Waals surface area contributed by atoms with E-state index in [1.807, 2.05) is 0 Å². The first-order valence-electron chi connectivity index (χ1n) is 21.5. The standard InChI is InChI=1S/C57H39N3O/c1-4-14-41-34(11-1)21-23-37-31-39(25-27-44(37)41)55-58-56(40-26-28-45-38(32-40)24-22-35-12-2-5-15-42(35)45)60-57(59-55)50-30-29-48(53-49-19-9-10-20-52(49)61-54(50)53)51-33-36-13-3-6-16-43(36)46-17-7-8-18-47(46)51/h1-9,11-19,21-28,31-33,48,50H,10,20,29-30H2. The molecule has 61 heavy (non-hydrogen) atoms. The summed E-state index contributed by atoms with van der Waals surface area (Å²) in [7, 11) is 0. The number of allylic oxidation sites excluding steroid dienone is 1. The van der Waals surface area contributed by atoms with Crippen LogP contribution in [0.4, 0.5) is 0 Å². The normalized spacial score (nSPS) is 16.2. The van der Waals surface area contributed by atoms with Crippen LogP contribution in [0.5, 0.6) is 0 Å². The Balaban J connectivity index is 1.01. The van der Waals surface area contributed by atoms with Crippen LogP contribution in [0.3, 0.4) is 0 Å². The van der Waals surface area contributed by atoms with Gasteiger partial charge in [0, 0.05) is 34.6 Å². The predicted octanol–water partition coefficient (Wildman–Crippen LogP) is 14.7. The second-order valence-corrected chi connectivity index (χ2v) is 16.9. The van der Waals surface area contributed by atoms with Crippen molar-refractivity contribution in [3.63, 3.8) is 0 Å². The van der Waals surface area contributed by atoms with E-state index in [2.05, 4.69) is 176 Å². The van der Waals surface area contributed by atoms with Crippen molar-refractivity contribution in [1.29, 1.82) is 0 Å². The summed E-state index contributed by atoms with van der Waals surface area (Å²) in [6.45, 7) is 0. The van der Waals surface area contributed by atoms with Gasteiger partial charge in [0.05, 0.1) is 5.92 Å². The number of nitrogens with zero attached hydrogens (tertiary/aromatic N) is 3. The molecular weight excluding hydrogens is 743 g/mol. The number of hydrogen-bond acceptors (Lipinski definition) is 4. The topological polar surface area (TPSA) is 51.8 Å². The lowest BCUT2D eigenvalue weighted by atomic mass is 9.73. The van der Waals surface area contributed by atoms with Crippen LogP contribution >= 0.6 is 0 Å². The highest BCUT2D eigenvalue weighted by molar-refractivity contribution is 6.10. The first kappa shape index (κ1) is 34.4. The molecule has 0 saturated carbocycles. The van der Waals surface area contributed by atoms with Gasteiger partial charge in [-0.1, -0.05) is 158 Å². The predicted molar refractivity (Wildman–Crippen MR) is 251 cm³/mol. The van der Waals surface area contributed by atoms with Crippen LogP contribution < -0.4 is 0 Å². The van der Waals surface area contributed by atoms with Gasteiger partial charge >= 0.3 is 0 Å². The van der Waals surface area contributed by atoms with Gasteiger partial charge < -0.3 is 4.42 Å². The average Bonchev–Trinajstić information content (AvgIpc) is 3.73. The summed E-state index contributed by atoms with van der Waals surface area (Å²) in [4.78, 5) is 16.1. The van der Waals surface area contributed by atoms with E-state index in [1.165, 1.54) is 70.6 Å². The molecule has 4 heteroatoms. The zero-order valence-electron chi connectivity index (χ0n) is 33.5. The van der Waals surface area contributed by atoms with Crippen molar-refractivity contribution in [2.45, 2.75) is 37.5 Å². The molecular formula is C57H39N3O. The molecule has 2 atom stereocenters. The van der Waals surface area contributed by atoms with Crippen molar-refractivity contribution in [2.75, 3.05) is 0 Å². The van der Waals surface area contributed by atoms with Gasteiger partial charge in [0.25, 0.3) is 0 Å². The lowest BCUT2D eigenvalue weighted by Gasteiger charge is -2.29. The van der Waals surface area contributed by atoms with Crippen molar-refractivity contribution < 1.29 is 4.42 Å². The minimum absolute atomic E-state index is 0.133. The molecule has 0 fully saturated rings. The first-order valence-corrected chi connectivity index (χ1v) is 21.5. The Kier molecular flexibility index (Phi) is 7.65. The van der Waals surface area contributed by atoms with Crippen LogP contribution in [0, 0.1) is 0 Å². The van der Waals surface area contributed by atoms with Crippen molar-refractivity contribution in [2.24, 2.45) is 0 Å². The van der Waals surface area contributed by atoms with Crippen LogP contribution in [-0.2, 0) is 6.42 Å². The van der Waals surface area contributed by atoms with Gasteiger partial charge in [-0.05, 0) is 108 Å². The number of aromatic nitrogens is 3. The highest BCUT2D eigenvalue weighted by atomic mass is 16.3. The molecule has 2 heterocycles. The van der Waals surface area contributed by atoms with Crippen molar-refractivity contribution in [3.05, 3.63) is 204 Å². The second-order valence-electron chi connectivity index (χ2n) is 16.9. The lowest BCUT2D eigenvalue weighted by molar-refractivity contribution is 0.402. The zero-order valence-corrected chi connectivity index (χ0v) is 33.5. The van der Waals surface area contributed by atoms with E-state index in [4.69, 9.17) is 19.4 Å². The van der Waals surface area contributed by atoms with Crippen LogP contribution in [0.15, 0.2) is 174 Å². The van der Waals surface area contributed by atoms with Crippen LogP contribution in [0.2, 0.25) is 0 Å². The van der Waals surface area contributed by atoms with E-state index in [1.54, 1.807) is 0 Å². The molecule has 11 aromatic rings. The third kappa shape index (κ3) is 5.48. The molecule has 2 aliphatic carbocycles. The summed E-state index contributed by atoms with van der Waals surface area (Å²) < 4.78 is 7.08. The Hall–Kier alpha value is -7.43. The fraction of sp³-hybridized carbons (Fsp3) is 0.105. The minimum Gasteiger partial charge on any atom is -0.464 e. The van der Waals surface area contributed by atoms with E-state index in [0.29, 0.717) is 11.6 Å². The Bertz CT molecular complexity index is 3500. The zero-order chi connectivity index (χ0) is 40.0. The smallest absolute Gasteiger partial charge is 0.163 e. The van der Waals surface area contributed by atoms with Gasteiger partial charge in [-0.3, -0.25) is 0 Å². The Labute approximate surface area is 352 Å². The maximum absolute atomic E-state index is 7.08. The Morgan fingerprint density at radius 2 is 0.951 bits per heavy atom. The molecule has 2 unspecified atom stereocenters. The average molecular weight is 782 g/mol. The van der Waals surface area contributed by atoms with Gasteiger partial charge in [-0.2, -0.15) is 0 Å². The number of furan rings is 1. The monoisotopic (exact) mass is 781 g/mol. The summed E-state index contributed by atoms with van der Waals surface area (Å²) in [5.74, 6) is 4.22. The van der Waals surface area contributed by atoms with E-state index < -0.39 is 0 Å². The van der Waals surface area contributed by atoms with Crippen molar-refractivity contribution in [1.82, 2.24) is 15.0 Å². The first-order chi connectivity index (χ1) is 30.2. The number of hydrogen-bond donors (Lipinski definition) is 0. The van der Waals surface area contributed by atoms with Crippen molar-refractivity contribution in [3.8, 4) is 22.8 Å². The van der Waals surface area contributed by atoms with Gasteiger partial charge in [0.15, 0.2) is 11.6 Å². The molecule has 0 amide bonds. The third-order valence-electron chi connectivity index (χ3n) is 13.5. The molecule has 0 bridgehead atoms. The summed E-state index contributed by atoms with van der Waals surface area (Å²) in [6.07, 6.45) is 8.28. The highest BCUT2D eigenvalue weighted by Crippen LogP contribution is 2.51. The van der Waals surface area contributed by atoms with Gasteiger partial charge in [-0.15, -0.1) is 0 Å². The fourth-order valence-corrected chi connectivity index (χ4v) is 10.6. The number of rotatable bonds is 4. The van der Waals surface area contributed by atoms with E-state index >= 15 is 0 Å². The molecule has 2 aromatic heterocycles. The summed E-state index contributed by atoms with van der Waals surface area (Å²) in [5, 5.41) is 14.9. The third-order valence-corrected chi connectivity index (χ3v) is 13.5. The number of aryl methyl sites for hydroxylation is 1. The quantitative estimate of drug-likeness (QED) is 0.167. The van der Waals surface area contributed by atoms with Gasteiger partial charge in [0.1, 0.15) is 17.3 Å². The molecule has 4 nitrogen and oxygen atoms in total. The second kappa shape index (κ2) is 13.6. The fourth-order valence-electron chi connectivity index (χ4n) is 10.6. The Morgan fingerprint density at radius 1 is 0.443 bits per heavy atom. The summed E-state index contributed by atoms with van der Waals surface area (Å²) >= 11 is 0. The summed E-state index contributed by atoms with van der Waals surface area (Å²) in [5.41, 5.74) is 5.84. The molecule has 288 valence electrons. The van der Waals surface area contributed by atoms with Crippen molar-refractivity contribution >= 4 is 70.7 Å². The molecule has 0 radical (unpaired) electrons. The van der Waals surface area contributed by atoms with E-state index in [0.717, 1.165) is 64.9 Å². The van der Waals surface area contributed by atoms with Gasteiger partial charge in [0.2, 0.25) is 0 Å². The highest BCUT2D eigenvalue weighted by Gasteiger charge is 2.39. The molecule has 0 N–H and O–H groups in total. The molecule has 0 saturated heterocycles. The van der Waals surface area contributed by atoms with Gasteiger partial charge in [-0.25, -0.2) is 15.0 Å². The van der Waals surface area contributed by atoms with E-state index in [9.17, 15) is 0 Å². The summed E-state index contributed by atoms with van der Waals surface area (Å²) in [6, 6.07) is 59.4. The van der Waals surface area contributed by atoms with Crippen LogP contribution in [0.1, 0.15) is 65.1 Å². The molecule has 0 aliphatic heterocycles. The number of fused-ring (bicyclic) bond motifs is 12. The Morgan fingerprint density at radius 3 is 1.61 bits per heavy atom. The molecule has 13 rings (SSSR count). The lowest BCUT2D eigenvalue weighted by Crippen LogP contribution is -2.19. The maximum Gasteiger partial charge on any atom is 0.163 e. The largest absolute Gasteiger partial charge is 0.464 e.